The average Bonchev–Trinajstić information content (AvgIpc) is 3.18. The van der Waals surface area contributed by atoms with Gasteiger partial charge >= 0.3 is 0 Å². The lowest BCUT2D eigenvalue weighted by atomic mass is 9.96. The molecule has 1 aliphatic heterocycles. The lowest BCUT2D eigenvalue weighted by Gasteiger charge is -2.30. The van der Waals surface area contributed by atoms with Crippen LogP contribution in [0.15, 0.2) is 28.7 Å². The van der Waals surface area contributed by atoms with Crippen LogP contribution in [-0.4, -0.2) is 43.2 Å². The van der Waals surface area contributed by atoms with Gasteiger partial charge in [-0.25, -0.2) is 0 Å². The molecule has 1 amide bonds. The number of carbonyl (C=O) groups excluding carboxylic acids is 1. The second-order valence-electron chi connectivity index (χ2n) is 8.00. The molecule has 28 heavy (non-hydrogen) atoms. The van der Waals surface area contributed by atoms with Gasteiger partial charge < -0.3 is 19.4 Å². The molecule has 6 nitrogen and oxygen atoms in total. The van der Waals surface area contributed by atoms with E-state index in [1.807, 2.05) is 24.3 Å². The smallest absolute Gasteiger partial charge is 0.298 e. The summed E-state index contributed by atoms with van der Waals surface area (Å²) in [6.07, 6.45) is 9.35. The Morgan fingerprint density at radius 2 is 1.93 bits per heavy atom. The molecule has 0 spiro atoms. The van der Waals surface area contributed by atoms with E-state index in [1.165, 1.54) is 32.1 Å². The van der Waals surface area contributed by atoms with Crippen LogP contribution in [0, 0.1) is 5.92 Å². The molecular formula is C22H31N3O3. The van der Waals surface area contributed by atoms with Gasteiger partial charge in [0, 0.05) is 32.2 Å². The Bertz CT molecular complexity index is 728. The summed E-state index contributed by atoms with van der Waals surface area (Å²) < 4.78 is 11.8. The van der Waals surface area contributed by atoms with Crippen molar-refractivity contribution in [3.8, 4) is 0 Å². The number of oxazole rings is 1. The molecule has 1 saturated heterocycles. The third-order valence-corrected chi connectivity index (χ3v) is 5.94. The number of aromatic nitrogens is 1. The number of rotatable bonds is 7. The van der Waals surface area contributed by atoms with Gasteiger partial charge in [-0.1, -0.05) is 31.4 Å². The van der Waals surface area contributed by atoms with Crippen LogP contribution in [0.4, 0.5) is 6.01 Å². The van der Waals surface area contributed by atoms with Gasteiger partial charge in [-0.3, -0.25) is 4.79 Å². The zero-order valence-corrected chi connectivity index (χ0v) is 16.6. The van der Waals surface area contributed by atoms with Gasteiger partial charge in [-0.15, -0.1) is 0 Å². The largest absolute Gasteiger partial charge is 0.423 e. The van der Waals surface area contributed by atoms with Gasteiger partial charge in [0.25, 0.3) is 6.01 Å². The number of ether oxygens (including phenoxy) is 1. The van der Waals surface area contributed by atoms with Crippen molar-refractivity contribution in [3.63, 3.8) is 0 Å². The van der Waals surface area contributed by atoms with Crippen LogP contribution in [0.3, 0.4) is 0 Å². The van der Waals surface area contributed by atoms with Gasteiger partial charge in [-0.05, 0) is 44.2 Å². The average molecular weight is 386 g/mol. The monoisotopic (exact) mass is 385 g/mol. The number of piperidine rings is 1. The van der Waals surface area contributed by atoms with Crippen LogP contribution in [0.2, 0.25) is 0 Å². The molecule has 2 heterocycles. The molecule has 152 valence electrons. The van der Waals surface area contributed by atoms with Crippen molar-refractivity contribution in [2.24, 2.45) is 5.92 Å². The highest BCUT2D eigenvalue weighted by Gasteiger charge is 2.27. The van der Waals surface area contributed by atoms with Crippen molar-refractivity contribution in [1.29, 1.82) is 0 Å². The minimum Gasteiger partial charge on any atom is -0.423 e. The molecule has 0 unspecified atom stereocenters. The quantitative estimate of drug-likeness (QED) is 0.732. The van der Waals surface area contributed by atoms with Gasteiger partial charge in [0.15, 0.2) is 5.58 Å². The second-order valence-corrected chi connectivity index (χ2v) is 8.00. The summed E-state index contributed by atoms with van der Waals surface area (Å²) in [5, 5.41) is 3.09. The van der Waals surface area contributed by atoms with E-state index in [0.29, 0.717) is 18.7 Å². The standard InChI is InChI=1S/C22H31N3O3/c26-21(23-13-6-16-27-18-7-2-1-3-8-18)17-11-14-25(15-12-17)22-24-19-9-4-5-10-20(19)28-22/h4-5,9-10,17-18H,1-3,6-8,11-16H2,(H,23,26). The maximum absolute atomic E-state index is 12.4. The molecule has 4 rings (SSSR count). The highest BCUT2D eigenvalue weighted by molar-refractivity contribution is 5.79. The van der Waals surface area contributed by atoms with Crippen LogP contribution in [0.25, 0.3) is 11.1 Å². The SMILES string of the molecule is O=C(NCCCOC1CCCCC1)C1CCN(c2nc3ccccc3o2)CC1. The van der Waals surface area contributed by atoms with Gasteiger partial charge in [-0.2, -0.15) is 4.98 Å². The van der Waals surface area contributed by atoms with Crippen molar-refractivity contribution < 1.29 is 13.9 Å². The Morgan fingerprint density at radius 1 is 1.14 bits per heavy atom. The summed E-state index contributed by atoms with van der Waals surface area (Å²) in [5.74, 6) is 0.259. The van der Waals surface area contributed by atoms with Gasteiger partial charge in [0.1, 0.15) is 5.52 Å². The minimum absolute atomic E-state index is 0.0832. The maximum Gasteiger partial charge on any atom is 0.298 e. The van der Waals surface area contributed by atoms with Crippen LogP contribution in [-0.2, 0) is 9.53 Å². The van der Waals surface area contributed by atoms with Gasteiger partial charge in [0.05, 0.1) is 6.10 Å². The van der Waals surface area contributed by atoms with Crippen molar-refractivity contribution in [3.05, 3.63) is 24.3 Å². The fourth-order valence-corrected chi connectivity index (χ4v) is 4.24. The normalized spacial score (nSPS) is 19.2. The molecule has 0 bridgehead atoms. The Hall–Kier alpha value is -2.08. The number of anilines is 1. The first kappa shape index (κ1) is 19.2. The van der Waals surface area contributed by atoms with E-state index in [0.717, 1.165) is 50.1 Å². The molecule has 2 aliphatic rings. The minimum atomic E-state index is 0.0832. The number of hydrogen-bond donors (Lipinski definition) is 1. The molecule has 0 radical (unpaired) electrons. The summed E-state index contributed by atoms with van der Waals surface area (Å²) >= 11 is 0. The summed E-state index contributed by atoms with van der Waals surface area (Å²) in [5.41, 5.74) is 1.70. The molecular weight excluding hydrogens is 354 g/mol. The number of nitrogens with one attached hydrogen (secondary N) is 1. The maximum atomic E-state index is 12.4. The number of hydrogen-bond acceptors (Lipinski definition) is 5. The Morgan fingerprint density at radius 3 is 2.71 bits per heavy atom. The number of fused-ring (bicyclic) bond motifs is 1. The summed E-state index contributed by atoms with van der Waals surface area (Å²) in [6, 6.07) is 8.48. The van der Waals surface area contributed by atoms with Gasteiger partial charge in [0.2, 0.25) is 5.91 Å². The van der Waals surface area contributed by atoms with Crippen LogP contribution in [0.1, 0.15) is 51.4 Å². The Labute approximate surface area is 166 Å². The van der Waals surface area contributed by atoms with Crippen molar-refractivity contribution in [2.45, 2.75) is 57.5 Å². The first-order valence-corrected chi connectivity index (χ1v) is 10.8. The number of benzene rings is 1. The predicted octanol–water partition coefficient (Wildman–Crippen LogP) is 3.90. The molecule has 1 aliphatic carbocycles. The molecule has 2 fully saturated rings. The third-order valence-electron chi connectivity index (χ3n) is 5.94. The highest BCUT2D eigenvalue weighted by atomic mass is 16.5. The molecule has 2 aromatic rings. The number of nitrogens with zero attached hydrogens (tertiary/aromatic N) is 2. The van der Waals surface area contributed by atoms with Crippen molar-refractivity contribution in [2.75, 3.05) is 31.1 Å². The number of carbonyl (C=O) groups is 1. The zero-order chi connectivity index (χ0) is 19.2. The number of para-hydroxylation sites is 2. The highest BCUT2D eigenvalue weighted by Crippen LogP contribution is 2.26. The summed E-state index contributed by atoms with van der Waals surface area (Å²) in [7, 11) is 0. The van der Waals surface area contributed by atoms with Crippen LogP contribution < -0.4 is 10.2 Å². The van der Waals surface area contributed by atoms with E-state index in [9.17, 15) is 4.79 Å². The van der Waals surface area contributed by atoms with Crippen LogP contribution >= 0.6 is 0 Å². The lowest BCUT2D eigenvalue weighted by molar-refractivity contribution is -0.125. The van der Waals surface area contributed by atoms with Crippen molar-refractivity contribution >= 4 is 23.0 Å². The Balaban J connectivity index is 1.15. The van der Waals surface area contributed by atoms with E-state index in [-0.39, 0.29) is 11.8 Å². The summed E-state index contributed by atoms with van der Waals surface area (Å²) in [6.45, 7) is 3.06. The van der Waals surface area contributed by atoms with E-state index >= 15 is 0 Å². The van der Waals surface area contributed by atoms with E-state index in [4.69, 9.17) is 9.15 Å². The molecule has 6 heteroatoms. The molecule has 1 aromatic carbocycles. The molecule has 0 atom stereocenters. The van der Waals surface area contributed by atoms with E-state index in [1.54, 1.807) is 0 Å². The second kappa shape index (κ2) is 9.41. The summed E-state index contributed by atoms with van der Waals surface area (Å²) in [4.78, 5) is 19.1. The number of amides is 1. The van der Waals surface area contributed by atoms with E-state index in [2.05, 4.69) is 15.2 Å². The molecule has 1 N–H and O–H groups in total. The first-order valence-electron chi connectivity index (χ1n) is 10.8. The zero-order valence-electron chi connectivity index (χ0n) is 16.6. The predicted molar refractivity (Wildman–Crippen MR) is 109 cm³/mol. The topological polar surface area (TPSA) is 67.6 Å². The van der Waals surface area contributed by atoms with E-state index < -0.39 is 0 Å². The van der Waals surface area contributed by atoms with Crippen molar-refractivity contribution in [1.82, 2.24) is 10.3 Å². The third kappa shape index (κ3) is 4.85. The van der Waals surface area contributed by atoms with Crippen LogP contribution in [0.5, 0.6) is 0 Å². The fourth-order valence-electron chi connectivity index (χ4n) is 4.24. The molecule has 1 saturated carbocycles. The first-order chi connectivity index (χ1) is 13.8. The fraction of sp³-hybridized carbons (Fsp3) is 0.636. The molecule has 1 aromatic heterocycles. The Kier molecular flexibility index (Phi) is 6.47. The lowest BCUT2D eigenvalue weighted by Crippen LogP contribution is -2.41.